The summed E-state index contributed by atoms with van der Waals surface area (Å²) in [4.78, 5) is 21.1. The van der Waals surface area contributed by atoms with Crippen LogP contribution in [0.1, 0.15) is 42.2 Å². The van der Waals surface area contributed by atoms with E-state index in [2.05, 4.69) is 15.3 Å². The zero-order valence-electron chi connectivity index (χ0n) is 16.6. The van der Waals surface area contributed by atoms with E-state index in [4.69, 9.17) is 23.2 Å². The third-order valence-corrected chi connectivity index (χ3v) is 8.05. The number of aromatic nitrogens is 2. The van der Waals surface area contributed by atoms with Crippen molar-refractivity contribution < 1.29 is 13.2 Å². The number of amides is 1. The zero-order chi connectivity index (χ0) is 21.8. The SMILES string of the molecule is CCCS(=O)(=O)N1CCC(CNC(=O)c2ccc(Cl)cc2Cl)(c2ccncn2)CC1. The first-order valence-electron chi connectivity index (χ1n) is 9.75. The van der Waals surface area contributed by atoms with Gasteiger partial charge in [-0.2, -0.15) is 0 Å². The van der Waals surface area contributed by atoms with Crippen molar-refractivity contribution in [3.8, 4) is 0 Å². The maximum absolute atomic E-state index is 12.7. The van der Waals surface area contributed by atoms with Gasteiger partial charge < -0.3 is 5.32 Å². The number of nitrogens with zero attached hydrogens (tertiary/aromatic N) is 3. The molecule has 10 heteroatoms. The van der Waals surface area contributed by atoms with Gasteiger partial charge in [0.25, 0.3) is 5.91 Å². The molecule has 0 bridgehead atoms. The molecule has 0 saturated carbocycles. The second-order valence-corrected chi connectivity index (χ2v) is 10.3. The molecule has 1 saturated heterocycles. The molecule has 0 atom stereocenters. The van der Waals surface area contributed by atoms with Gasteiger partial charge in [-0.05, 0) is 43.5 Å². The molecule has 2 heterocycles. The minimum absolute atomic E-state index is 0.138. The predicted molar refractivity (Wildman–Crippen MR) is 117 cm³/mol. The van der Waals surface area contributed by atoms with E-state index in [1.165, 1.54) is 16.7 Å². The lowest BCUT2D eigenvalue weighted by Gasteiger charge is -2.41. The van der Waals surface area contributed by atoms with Crippen molar-refractivity contribution in [2.24, 2.45) is 0 Å². The molecule has 0 unspecified atom stereocenters. The van der Waals surface area contributed by atoms with E-state index >= 15 is 0 Å². The summed E-state index contributed by atoms with van der Waals surface area (Å²) in [7, 11) is -3.27. The first kappa shape index (κ1) is 22.9. The monoisotopic (exact) mass is 470 g/mol. The van der Waals surface area contributed by atoms with E-state index in [0.717, 1.165) is 5.69 Å². The molecule has 0 spiro atoms. The maximum atomic E-state index is 12.7. The molecule has 7 nitrogen and oxygen atoms in total. The van der Waals surface area contributed by atoms with Crippen molar-refractivity contribution >= 4 is 39.1 Å². The van der Waals surface area contributed by atoms with Crippen LogP contribution >= 0.6 is 23.2 Å². The molecule has 1 aliphatic rings. The van der Waals surface area contributed by atoms with E-state index < -0.39 is 15.4 Å². The third-order valence-electron chi connectivity index (χ3n) is 5.42. The number of benzene rings is 1. The van der Waals surface area contributed by atoms with Gasteiger partial charge in [-0.15, -0.1) is 0 Å². The second-order valence-electron chi connectivity index (χ2n) is 7.40. The molecule has 1 aromatic heterocycles. The Bertz CT molecular complexity index is 994. The number of nitrogens with one attached hydrogen (secondary N) is 1. The van der Waals surface area contributed by atoms with Gasteiger partial charge >= 0.3 is 0 Å². The Morgan fingerprint density at radius 2 is 1.97 bits per heavy atom. The van der Waals surface area contributed by atoms with E-state index in [0.29, 0.717) is 49.5 Å². The normalized spacial score (nSPS) is 16.9. The maximum Gasteiger partial charge on any atom is 0.252 e. The molecule has 0 radical (unpaired) electrons. The minimum atomic E-state index is -3.27. The van der Waals surface area contributed by atoms with Gasteiger partial charge in [-0.1, -0.05) is 30.1 Å². The molecular weight excluding hydrogens is 447 g/mol. The summed E-state index contributed by atoms with van der Waals surface area (Å²) < 4.78 is 26.4. The summed E-state index contributed by atoms with van der Waals surface area (Å²) in [6.45, 7) is 2.92. The van der Waals surface area contributed by atoms with Gasteiger partial charge in [0.1, 0.15) is 6.33 Å². The first-order chi connectivity index (χ1) is 14.3. The first-order valence-corrected chi connectivity index (χ1v) is 12.1. The summed E-state index contributed by atoms with van der Waals surface area (Å²) in [5, 5.41) is 3.68. The minimum Gasteiger partial charge on any atom is -0.351 e. The molecule has 1 amide bonds. The summed E-state index contributed by atoms with van der Waals surface area (Å²) >= 11 is 12.1. The molecule has 1 fully saturated rings. The van der Waals surface area contributed by atoms with Gasteiger partial charge in [0.05, 0.1) is 22.0 Å². The molecule has 3 rings (SSSR count). The van der Waals surface area contributed by atoms with Crippen LogP contribution in [0.25, 0.3) is 0 Å². The number of carbonyl (C=O) groups is 1. The van der Waals surface area contributed by atoms with Crippen molar-refractivity contribution in [3.63, 3.8) is 0 Å². The van der Waals surface area contributed by atoms with Crippen LogP contribution in [0.2, 0.25) is 10.0 Å². The molecular formula is C20H24Cl2N4O3S. The highest BCUT2D eigenvalue weighted by Crippen LogP contribution is 2.35. The molecule has 1 N–H and O–H groups in total. The summed E-state index contributed by atoms with van der Waals surface area (Å²) in [6.07, 6.45) is 4.79. The highest BCUT2D eigenvalue weighted by Gasteiger charge is 2.40. The summed E-state index contributed by atoms with van der Waals surface area (Å²) in [5.74, 6) is -0.176. The largest absolute Gasteiger partial charge is 0.351 e. The molecule has 0 aliphatic carbocycles. The Morgan fingerprint density at radius 1 is 1.23 bits per heavy atom. The molecule has 1 aliphatic heterocycles. The van der Waals surface area contributed by atoms with Crippen LogP contribution in [0.15, 0.2) is 36.8 Å². The van der Waals surface area contributed by atoms with Crippen LogP contribution in [-0.2, 0) is 15.4 Å². The van der Waals surface area contributed by atoms with Crippen molar-refractivity contribution in [1.29, 1.82) is 0 Å². The van der Waals surface area contributed by atoms with Crippen molar-refractivity contribution in [3.05, 3.63) is 58.1 Å². The second kappa shape index (κ2) is 9.60. The van der Waals surface area contributed by atoms with Crippen LogP contribution in [0.5, 0.6) is 0 Å². The fourth-order valence-electron chi connectivity index (χ4n) is 3.73. The fraction of sp³-hybridized carbons (Fsp3) is 0.450. The lowest BCUT2D eigenvalue weighted by molar-refractivity contribution is 0.0932. The predicted octanol–water partition coefficient (Wildman–Crippen LogP) is 3.29. The Balaban J connectivity index is 1.78. The lowest BCUT2D eigenvalue weighted by atomic mass is 9.75. The number of hydrogen-bond acceptors (Lipinski definition) is 5. The average Bonchev–Trinajstić information content (AvgIpc) is 2.73. The quantitative estimate of drug-likeness (QED) is 0.669. The topological polar surface area (TPSA) is 92.3 Å². The Labute approximate surface area is 186 Å². The molecule has 162 valence electrons. The number of carbonyl (C=O) groups excluding carboxylic acids is 1. The third kappa shape index (κ3) is 5.11. The smallest absolute Gasteiger partial charge is 0.252 e. The molecule has 2 aromatic rings. The van der Waals surface area contributed by atoms with Gasteiger partial charge in [0.15, 0.2) is 0 Å². The van der Waals surface area contributed by atoms with Crippen LogP contribution < -0.4 is 5.32 Å². The number of halogens is 2. The Kier molecular flexibility index (Phi) is 7.34. The highest BCUT2D eigenvalue weighted by atomic mass is 35.5. The van der Waals surface area contributed by atoms with E-state index in [1.54, 1.807) is 18.3 Å². The van der Waals surface area contributed by atoms with Gasteiger partial charge in [-0.25, -0.2) is 22.7 Å². The highest BCUT2D eigenvalue weighted by molar-refractivity contribution is 7.89. The van der Waals surface area contributed by atoms with Crippen LogP contribution in [0.4, 0.5) is 0 Å². The van der Waals surface area contributed by atoms with Crippen LogP contribution in [0.3, 0.4) is 0 Å². The van der Waals surface area contributed by atoms with Crippen molar-refractivity contribution in [2.75, 3.05) is 25.4 Å². The number of rotatable bonds is 7. The standard InChI is InChI=1S/C20H24Cl2N4O3S/c1-2-11-30(28,29)26-9-6-20(7-10-26,18-5-8-23-14-25-18)13-24-19(27)16-4-3-15(21)12-17(16)22/h3-5,8,12,14H,2,6-7,9-11,13H2,1H3,(H,24,27). The van der Waals surface area contributed by atoms with Gasteiger partial charge in [-0.3, -0.25) is 4.79 Å². The Morgan fingerprint density at radius 3 is 2.57 bits per heavy atom. The average molecular weight is 471 g/mol. The summed E-state index contributed by atoms with van der Waals surface area (Å²) in [5.41, 5.74) is 0.629. The number of hydrogen-bond donors (Lipinski definition) is 1. The van der Waals surface area contributed by atoms with Gasteiger partial charge in [0.2, 0.25) is 10.0 Å². The van der Waals surface area contributed by atoms with Crippen LogP contribution in [-0.4, -0.2) is 54.0 Å². The zero-order valence-corrected chi connectivity index (χ0v) is 19.0. The Hall–Kier alpha value is -1.74. The van der Waals surface area contributed by atoms with Crippen molar-refractivity contribution in [2.45, 2.75) is 31.6 Å². The van der Waals surface area contributed by atoms with E-state index in [-0.39, 0.29) is 16.7 Å². The summed E-state index contributed by atoms with van der Waals surface area (Å²) in [6, 6.07) is 6.53. The lowest BCUT2D eigenvalue weighted by Crippen LogP contribution is -2.51. The fourth-order valence-corrected chi connectivity index (χ4v) is 5.73. The van der Waals surface area contributed by atoms with Gasteiger partial charge in [0, 0.05) is 36.3 Å². The van der Waals surface area contributed by atoms with Crippen LogP contribution in [0, 0.1) is 0 Å². The number of piperidine rings is 1. The van der Waals surface area contributed by atoms with Crippen molar-refractivity contribution in [1.82, 2.24) is 19.6 Å². The molecule has 30 heavy (non-hydrogen) atoms. The molecule has 1 aromatic carbocycles. The van der Waals surface area contributed by atoms with E-state index in [1.807, 2.05) is 13.0 Å². The number of sulfonamides is 1. The van der Waals surface area contributed by atoms with E-state index in [9.17, 15) is 13.2 Å².